The predicted molar refractivity (Wildman–Crippen MR) is 60.5 cm³/mol. The normalized spacial score (nSPS) is 19.7. The number of aromatic nitrogens is 1. The first kappa shape index (κ1) is 11.3. The molecule has 0 aliphatic carbocycles. The minimum atomic E-state index is -0.491. The molecule has 0 saturated carbocycles. The third-order valence-corrected chi connectivity index (χ3v) is 2.72. The van der Waals surface area contributed by atoms with Crippen LogP contribution in [0.3, 0.4) is 0 Å². The Balaban J connectivity index is 2.21. The summed E-state index contributed by atoms with van der Waals surface area (Å²) in [7, 11) is 0. The van der Waals surface area contributed by atoms with E-state index >= 15 is 0 Å². The number of pyridine rings is 1. The Bertz CT molecular complexity index is 407. The van der Waals surface area contributed by atoms with Crippen molar-refractivity contribution in [2.75, 3.05) is 13.1 Å². The van der Waals surface area contributed by atoms with Crippen molar-refractivity contribution in [3.8, 4) is 5.88 Å². The van der Waals surface area contributed by atoms with Gasteiger partial charge in [-0.1, -0.05) is 0 Å². The smallest absolute Gasteiger partial charge is 0.332 e. The molecule has 1 aliphatic heterocycles. The Labute approximate surface area is 100 Å². The fraction of sp³-hybridized carbons (Fsp3) is 0.444. The van der Waals surface area contributed by atoms with E-state index in [2.05, 4.69) is 26.2 Å². The van der Waals surface area contributed by atoms with Crippen LogP contribution in [-0.2, 0) is 0 Å². The van der Waals surface area contributed by atoms with Crippen molar-refractivity contribution >= 4 is 21.6 Å². The van der Waals surface area contributed by atoms with Gasteiger partial charge in [0.15, 0.2) is 0 Å². The third-order valence-electron chi connectivity index (χ3n) is 2.29. The van der Waals surface area contributed by atoms with Gasteiger partial charge in [-0.05, 0) is 28.9 Å². The molecule has 16 heavy (non-hydrogen) atoms. The molecule has 1 fully saturated rings. The van der Waals surface area contributed by atoms with Crippen molar-refractivity contribution in [2.24, 2.45) is 0 Å². The van der Waals surface area contributed by atoms with E-state index in [-0.39, 0.29) is 17.7 Å². The molecule has 86 valence electrons. The van der Waals surface area contributed by atoms with Crippen LogP contribution in [0, 0.1) is 10.1 Å². The molecule has 2 rings (SSSR count). The van der Waals surface area contributed by atoms with Crippen molar-refractivity contribution in [2.45, 2.75) is 12.5 Å². The number of nitrogens with zero attached hydrogens (tertiary/aromatic N) is 2. The van der Waals surface area contributed by atoms with Crippen LogP contribution in [-0.4, -0.2) is 29.1 Å². The van der Waals surface area contributed by atoms with Crippen LogP contribution in [0.1, 0.15) is 6.42 Å². The lowest BCUT2D eigenvalue weighted by atomic mass is 10.3. The van der Waals surface area contributed by atoms with E-state index in [1.165, 1.54) is 12.3 Å². The fourth-order valence-electron chi connectivity index (χ4n) is 1.52. The number of rotatable bonds is 3. The average molecular weight is 288 g/mol. The van der Waals surface area contributed by atoms with Crippen LogP contribution in [0.25, 0.3) is 0 Å². The maximum absolute atomic E-state index is 10.8. The molecular formula is C9H10BrN3O3. The topological polar surface area (TPSA) is 77.3 Å². The highest BCUT2D eigenvalue weighted by Gasteiger charge is 2.23. The first-order chi connectivity index (χ1) is 7.66. The number of hydrogen-bond acceptors (Lipinski definition) is 5. The van der Waals surface area contributed by atoms with E-state index in [1.54, 1.807) is 0 Å². The van der Waals surface area contributed by atoms with Crippen LogP contribution in [0.5, 0.6) is 5.88 Å². The van der Waals surface area contributed by atoms with Crippen molar-refractivity contribution in [1.29, 1.82) is 0 Å². The molecule has 7 heteroatoms. The molecule has 1 N–H and O–H groups in total. The highest BCUT2D eigenvalue weighted by atomic mass is 79.9. The molecule has 0 bridgehead atoms. The molecule has 0 spiro atoms. The summed E-state index contributed by atoms with van der Waals surface area (Å²) in [5.74, 6) is 0.0851. The van der Waals surface area contributed by atoms with E-state index in [1.807, 2.05) is 0 Å². The predicted octanol–water partition coefficient (Wildman–Crippen LogP) is 1.49. The minimum absolute atomic E-state index is 0.0348. The van der Waals surface area contributed by atoms with Crippen molar-refractivity contribution in [3.05, 3.63) is 26.9 Å². The van der Waals surface area contributed by atoms with Gasteiger partial charge in [0, 0.05) is 23.3 Å². The zero-order chi connectivity index (χ0) is 11.5. The quantitative estimate of drug-likeness (QED) is 0.673. The summed E-state index contributed by atoms with van der Waals surface area (Å²) in [4.78, 5) is 14.2. The maximum Gasteiger partial charge on any atom is 0.332 e. The molecule has 1 unspecified atom stereocenters. The van der Waals surface area contributed by atoms with Crippen LogP contribution >= 0.6 is 15.9 Å². The summed E-state index contributed by atoms with van der Waals surface area (Å²) >= 11 is 3.14. The lowest BCUT2D eigenvalue weighted by Crippen LogP contribution is -2.20. The van der Waals surface area contributed by atoms with Crippen molar-refractivity contribution < 1.29 is 9.66 Å². The summed E-state index contributed by atoms with van der Waals surface area (Å²) in [6.07, 6.45) is 2.30. The Kier molecular flexibility index (Phi) is 3.35. The maximum atomic E-state index is 10.8. The molecule has 0 radical (unpaired) electrons. The summed E-state index contributed by atoms with van der Waals surface area (Å²) in [5.41, 5.74) is -0.110. The summed E-state index contributed by atoms with van der Waals surface area (Å²) in [5, 5.41) is 13.9. The highest BCUT2D eigenvalue weighted by molar-refractivity contribution is 9.10. The van der Waals surface area contributed by atoms with Gasteiger partial charge in [-0.15, -0.1) is 0 Å². The van der Waals surface area contributed by atoms with Gasteiger partial charge in [0.2, 0.25) is 0 Å². The molecule has 0 amide bonds. The van der Waals surface area contributed by atoms with Gasteiger partial charge >= 0.3 is 5.69 Å². The van der Waals surface area contributed by atoms with E-state index < -0.39 is 4.92 Å². The Morgan fingerprint density at radius 1 is 1.69 bits per heavy atom. The molecule has 1 aliphatic rings. The molecule has 1 atom stereocenters. The van der Waals surface area contributed by atoms with E-state index in [4.69, 9.17) is 4.74 Å². The SMILES string of the molecule is O=[N+]([O-])c1cc(Br)cnc1OC1CCNC1. The second-order valence-corrected chi connectivity index (χ2v) is 4.38. The first-order valence-electron chi connectivity index (χ1n) is 4.84. The lowest BCUT2D eigenvalue weighted by Gasteiger charge is -2.11. The highest BCUT2D eigenvalue weighted by Crippen LogP contribution is 2.28. The number of nitrogens with one attached hydrogen (secondary N) is 1. The van der Waals surface area contributed by atoms with Crippen LogP contribution < -0.4 is 10.1 Å². The second-order valence-electron chi connectivity index (χ2n) is 3.47. The number of ether oxygens (including phenoxy) is 1. The van der Waals surface area contributed by atoms with Gasteiger partial charge in [0.1, 0.15) is 6.10 Å². The summed E-state index contributed by atoms with van der Waals surface area (Å²) in [6.45, 7) is 1.57. The molecule has 2 heterocycles. The van der Waals surface area contributed by atoms with E-state index in [9.17, 15) is 10.1 Å². The lowest BCUT2D eigenvalue weighted by molar-refractivity contribution is -0.386. The number of hydrogen-bond donors (Lipinski definition) is 1. The van der Waals surface area contributed by atoms with Gasteiger partial charge in [0.05, 0.1) is 4.92 Å². The zero-order valence-corrected chi connectivity index (χ0v) is 9.94. The van der Waals surface area contributed by atoms with Gasteiger partial charge in [-0.2, -0.15) is 0 Å². The van der Waals surface area contributed by atoms with Crippen molar-refractivity contribution in [1.82, 2.24) is 10.3 Å². The number of halogens is 1. The first-order valence-corrected chi connectivity index (χ1v) is 5.63. The second kappa shape index (κ2) is 4.75. The Morgan fingerprint density at radius 2 is 2.50 bits per heavy atom. The number of nitro groups is 1. The van der Waals surface area contributed by atoms with Gasteiger partial charge in [-0.3, -0.25) is 10.1 Å². The van der Waals surface area contributed by atoms with E-state index in [0.29, 0.717) is 11.0 Å². The monoisotopic (exact) mass is 287 g/mol. The molecule has 0 aromatic carbocycles. The van der Waals surface area contributed by atoms with Crippen LogP contribution in [0.2, 0.25) is 0 Å². The van der Waals surface area contributed by atoms with Gasteiger partial charge < -0.3 is 10.1 Å². The van der Waals surface area contributed by atoms with Gasteiger partial charge in [-0.25, -0.2) is 4.98 Å². The largest absolute Gasteiger partial charge is 0.468 e. The molecule has 6 nitrogen and oxygen atoms in total. The fourth-order valence-corrected chi connectivity index (χ4v) is 1.84. The summed E-state index contributed by atoms with van der Waals surface area (Å²) < 4.78 is 6.05. The molecule has 1 aromatic rings. The van der Waals surface area contributed by atoms with Crippen LogP contribution in [0.15, 0.2) is 16.7 Å². The Hall–Kier alpha value is -1.21. The molecule has 1 saturated heterocycles. The standard InChI is InChI=1S/C9H10BrN3O3/c10-6-3-8(13(14)15)9(12-4-6)16-7-1-2-11-5-7/h3-4,7,11H,1-2,5H2. The molecule has 1 aromatic heterocycles. The Morgan fingerprint density at radius 3 is 3.12 bits per heavy atom. The van der Waals surface area contributed by atoms with E-state index in [0.717, 1.165) is 13.0 Å². The third kappa shape index (κ3) is 2.48. The van der Waals surface area contributed by atoms with Gasteiger partial charge in [0.25, 0.3) is 5.88 Å². The van der Waals surface area contributed by atoms with Crippen molar-refractivity contribution in [3.63, 3.8) is 0 Å². The van der Waals surface area contributed by atoms with Crippen LogP contribution in [0.4, 0.5) is 5.69 Å². The molecular weight excluding hydrogens is 278 g/mol. The zero-order valence-electron chi connectivity index (χ0n) is 8.35. The average Bonchev–Trinajstić information content (AvgIpc) is 2.73. The minimum Gasteiger partial charge on any atom is -0.468 e. The summed E-state index contributed by atoms with van der Waals surface area (Å²) in [6, 6.07) is 1.39.